The maximum Gasteiger partial charge on any atom is 0.0643 e. The van der Waals surface area contributed by atoms with E-state index in [0.717, 1.165) is 30.3 Å². The molecule has 2 aliphatic carbocycles. The Morgan fingerprint density at radius 1 is 0.917 bits per heavy atom. The van der Waals surface area contributed by atoms with Crippen LogP contribution in [0.3, 0.4) is 0 Å². The minimum Gasteiger partial charge on any atom is -0.381 e. The SMILES string of the molecule is COC/C=C/[C@H]1CC[C@H](C2CCC(c3ccc(Br)cc3)CC2)CC1. The van der Waals surface area contributed by atoms with Crippen molar-refractivity contribution in [1.82, 2.24) is 0 Å². The maximum absolute atomic E-state index is 5.11. The molecule has 3 rings (SSSR count). The van der Waals surface area contributed by atoms with Gasteiger partial charge in [0.25, 0.3) is 0 Å². The van der Waals surface area contributed by atoms with E-state index in [1.165, 1.54) is 55.8 Å². The van der Waals surface area contributed by atoms with E-state index in [4.69, 9.17) is 4.74 Å². The van der Waals surface area contributed by atoms with Crippen molar-refractivity contribution in [2.45, 2.75) is 57.3 Å². The average molecular weight is 391 g/mol. The molecule has 2 aliphatic rings. The Morgan fingerprint density at radius 3 is 2.08 bits per heavy atom. The highest BCUT2D eigenvalue weighted by molar-refractivity contribution is 9.10. The molecule has 0 radical (unpaired) electrons. The normalized spacial score (nSPS) is 31.4. The fourth-order valence-corrected chi connectivity index (χ4v) is 5.08. The molecule has 132 valence electrons. The number of benzene rings is 1. The van der Waals surface area contributed by atoms with Gasteiger partial charge >= 0.3 is 0 Å². The Bertz CT molecular complexity index is 505. The third-order valence-corrected chi connectivity index (χ3v) is 6.80. The lowest BCUT2D eigenvalue weighted by molar-refractivity contribution is 0.171. The molecule has 24 heavy (non-hydrogen) atoms. The van der Waals surface area contributed by atoms with Crippen LogP contribution in [0, 0.1) is 17.8 Å². The van der Waals surface area contributed by atoms with Crippen molar-refractivity contribution in [2.24, 2.45) is 17.8 Å². The third-order valence-electron chi connectivity index (χ3n) is 6.27. The van der Waals surface area contributed by atoms with Gasteiger partial charge in [-0.3, -0.25) is 0 Å². The van der Waals surface area contributed by atoms with Crippen LogP contribution in [-0.2, 0) is 4.74 Å². The quantitative estimate of drug-likeness (QED) is 0.506. The summed E-state index contributed by atoms with van der Waals surface area (Å²) in [6.07, 6.45) is 15.9. The van der Waals surface area contributed by atoms with Crippen LogP contribution < -0.4 is 0 Å². The van der Waals surface area contributed by atoms with Gasteiger partial charge in [-0.05, 0) is 92.7 Å². The summed E-state index contributed by atoms with van der Waals surface area (Å²) in [5.74, 6) is 3.57. The van der Waals surface area contributed by atoms with Crippen molar-refractivity contribution in [3.8, 4) is 0 Å². The highest BCUT2D eigenvalue weighted by Gasteiger charge is 2.30. The molecule has 0 aromatic heterocycles. The van der Waals surface area contributed by atoms with E-state index < -0.39 is 0 Å². The van der Waals surface area contributed by atoms with Crippen LogP contribution >= 0.6 is 15.9 Å². The lowest BCUT2D eigenvalue weighted by Crippen LogP contribution is -2.25. The Balaban J connectivity index is 1.43. The molecule has 1 aromatic rings. The van der Waals surface area contributed by atoms with Crippen LogP contribution in [0.4, 0.5) is 0 Å². The van der Waals surface area contributed by atoms with Crippen molar-refractivity contribution in [3.05, 3.63) is 46.5 Å². The number of hydrogen-bond acceptors (Lipinski definition) is 1. The van der Waals surface area contributed by atoms with E-state index in [-0.39, 0.29) is 0 Å². The number of rotatable bonds is 5. The first kappa shape index (κ1) is 18.2. The largest absolute Gasteiger partial charge is 0.381 e. The van der Waals surface area contributed by atoms with Crippen LogP contribution in [0.2, 0.25) is 0 Å². The lowest BCUT2D eigenvalue weighted by atomic mass is 9.68. The second-order valence-corrected chi connectivity index (χ2v) is 8.64. The molecule has 0 aliphatic heterocycles. The molecule has 0 amide bonds. The molecule has 0 heterocycles. The Morgan fingerprint density at radius 2 is 1.50 bits per heavy atom. The Hall–Kier alpha value is -0.600. The second kappa shape index (κ2) is 9.20. The van der Waals surface area contributed by atoms with Crippen molar-refractivity contribution < 1.29 is 4.74 Å². The van der Waals surface area contributed by atoms with Gasteiger partial charge in [0.2, 0.25) is 0 Å². The third kappa shape index (κ3) is 4.95. The van der Waals surface area contributed by atoms with Gasteiger partial charge in [-0.1, -0.05) is 40.2 Å². The van der Waals surface area contributed by atoms with E-state index >= 15 is 0 Å². The summed E-state index contributed by atoms with van der Waals surface area (Å²) in [5, 5.41) is 0. The number of hydrogen-bond donors (Lipinski definition) is 0. The molecule has 0 atom stereocenters. The minimum atomic E-state index is 0.764. The highest BCUT2D eigenvalue weighted by atomic mass is 79.9. The highest BCUT2D eigenvalue weighted by Crippen LogP contribution is 2.44. The van der Waals surface area contributed by atoms with Gasteiger partial charge in [0.15, 0.2) is 0 Å². The smallest absolute Gasteiger partial charge is 0.0643 e. The average Bonchev–Trinajstić information content (AvgIpc) is 2.63. The van der Waals surface area contributed by atoms with Crippen LogP contribution in [0.25, 0.3) is 0 Å². The van der Waals surface area contributed by atoms with Gasteiger partial charge in [-0.2, -0.15) is 0 Å². The zero-order valence-electron chi connectivity index (χ0n) is 14.9. The zero-order chi connectivity index (χ0) is 16.8. The van der Waals surface area contributed by atoms with Crippen LogP contribution in [0.1, 0.15) is 62.8 Å². The van der Waals surface area contributed by atoms with Crippen molar-refractivity contribution in [1.29, 1.82) is 0 Å². The summed E-state index contributed by atoms with van der Waals surface area (Å²) < 4.78 is 6.30. The van der Waals surface area contributed by atoms with Crippen molar-refractivity contribution >= 4 is 15.9 Å². The minimum absolute atomic E-state index is 0.764. The number of halogens is 1. The molecule has 2 heteroatoms. The topological polar surface area (TPSA) is 9.23 Å². The molecule has 2 saturated carbocycles. The number of allylic oxidation sites excluding steroid dienone is 1. The lowest BCUT2D eigenvalue weighted by Gasteiger charge is -2.37. The van der Waals surface area contributed by atoms with Crippen LogP contribution in [0.5, 0.6) is 0 Å². The monoisotopic (exact) mass is 390 g/mol. The van der Waals surface area contributed by atoms with E-state index in [9.17, 15) is 0 Å². The summed E-state index contributed by atoms with van der Waals surface area (Å²) in [6.45, 7) is 0.764. The number of methoxy groups -OCH3 is 1. The van der Waals surface area contributed by atoms with Gasteiger partial charge in [0.05, 0.1) is 6.61 Å². The fourth-order valence-electron chi connectivity index (χ4n) is 4.81. The molecule has 0 unspecified atom stereocenters. The first-order valence-electron chi connectivity index (χ1n) is 9.67. The van der Waals surface area contributed by atoms with E-state index in [0.29, 0.717) is 0 Å². The molecular weight excluding hydrogens is 360 g/mol. The molecular formula is C22H31BrO. The summed E-state index contributed by atoms with van der Waals surface area (Å²) >= 11 is 3.54. The predicted molar refractivity (Wildman–Crippen MR) is 105 cm³/mol. The van der Waals surface area contributed by atoms with Gasteiger partial charge in [0.1, 0.15) is 0 Å². The molecule has 0 bridgehead atoms. The Kier molecular flexibility index (Phi) is 6.97. The molecule has 0 saturated heterocycles. The number of ether oxygens (including phenoxy) is 1. The second-order valence-electron chi connectivity index (χ2n) is 7.72. The van der Waals surface area contributed by atoms with Crippen molar-refractivity contribution in [3.63, 3.8) is 0 Å². The van der Waals surface area contributed by atoms with Crippen LogP contribution in [0.15, 0.2) is 40.9 Å². The maximum atomic E-state index is 5.11. The van der Waals surface area contributed by atoms with E-state index in [1.54, 1.807) is 12.7 Å². The standard InChI is InChI=1S/C22H31BrO/c1-24-16-2-3-17-4-6-18(7-5-17)19-8-10-20(11-9-19)21-12-14-22(23)15-13-21/h2-3,12-15,17-20H,4-11,16H2,1H3/b3-2+/t17-,18-,19?,20?. The molecule has 2 fully saturated rings. The predicted octanol–water partition coefficient (Wildman–Crippen LogP) is 6.73. The van der Waals surface area contributed by atoms with E-state index in [2.05, 4.69) is 52.3 Å². The first-order chi connectivity index (χ1) is 11.8. The zero-order valence-corrected chi connectivity index (χ0v) is 16.5. The molecule has 1 nitrogen and oxygen atoms in total. The van der Waals surface area contributed by atoms with Gasteiger partial charge in [-0.25, -0.2) is 0 Å². The fraction of sp³-hybridized carbons (Fsp3) is 0.636. The summed E-state index contributed by atoms with van der Waals surface area (Å²) in [4.78, 5) is 0. The van der Waals surface area contributed by atoms with E-state index in [1.807, 2.05) is 0 Å². The Labute approximate surface area is 156 Å². The molecule has 0 N–H and O–H groups in total. The molecule has 0 spiro atoms. The van der Waals surface area contributed by atoms with Gasteiger partial charge < -0.3 is 4.74 Å². The first-order valence-corrected chi connectivity index (χ1v) is 10.5. The van der Waals surface area contributed by atoms with Crippen molar-refractivity contribution in [2.75, 3.05) is 13.7 Å². The van der Waals surface area contributed by atoms with Gasteiger partial charge in [-0.15, -0.1) is 0 Å². The summed E-state index contributed by atoms with van der Waals surface area (Å²) in [5.41, 5.74) is 1.55. The molecule has 1 aromatic carbocycles. The summed E-state index contributed by atoms with van der Waals surface area (Å²) in [6, 6.07) is 9.01. The van der Waals surface area contributed by atoms with Gasteiger partial charge in [0, 0.05) is 11.6 Å². The van der Waals surface area contributed by atoms with Crippen LogP contribution in [-0.4, -0.2) is 13.7 Å². The summed E-state index contributed by atoms with van der Waals surface area (Å²) in [7, 11) is 1.77.